The molecular formula is C16H20N2O2S. The molecule has 0 bridgehead atoms. The van der Waals surface area contributed by atoms with E-state index in [1.165, 1.54) is 4.88 Å². The fourth-order valence-electron chi connectivity index (χ4n) is 2.27. The maximum atomic E-state index is 11.3. The molecule has 1 aromatic heterocycles. The van der Waals surface area contributed by atoms with Crippen LogP contribution in [-0.2, 0) is 0 Å². The van der Waals surface area contributed by atoms with Crippen LogP contribution < -0.4 is 11.1 Å². The average Bonchev–Trinajstić information content (AvgIpc) is 2.92. The van der Waals surface area contributed by atoms with Crippen molar-refractivity contribution in [3.63, 3.8) is 0 Å². The normalized spacial score (nSPS) is 12.4. The van der Waals surface area contributed by atoms with Gasteiger partial charge in [-0.15, -0.1) is 11.3 Å². The molecule has 0 saturated heterocycles. The van der Waals surface area contributed by atoms with Crippen LogP contribution in [0.1, 0.15) is 40.7 Å². The van der Waals surface area contributed by atoms with Crippen molar-refractivity contribution in [1.82, 2.24) is 0 Å². The minimum Gasteiger partial charge on any atom is -0.478 e. The van der Waals surface area contributed by atoms with Gasteiger partial charge in [0.15, 0.2) is 0 Å². The molecule has 0 saturated carbocycles. The molecule has 2 aromatic rings. The summed E-state index contributed by atoms with van der Waals surface area (Å²) in [5.41, 5.74) is 7.85. The number of aryl methyl sites for hydroxylation is 1. The number of nitrogens with one attached hydrogen (secondary N) is 1. The lowest BCUT2D eigenvalue weighted by atomic mass is 10.0. The fourth-order valence-corrected chi connectivity index (χ4v) is 3.22. The predicted molar refractivity (Wildman–Crippen MR) is 88.1 cm³/mol. The van der Waals surface area contributed by atoms with E-state index in [1.807, 2.05) is 24.4 Å². The summed E-state index contributed by atoms with van der Waals surface area (Å²) in [7, 11) is 0. The number of thiophene rings is 1. The summed E-state index contributed by atoms with van der Waals surface area (Å²) >= 11 is 1.69. The molecular weight excluding hydrogens is 284 g/mol. The van der Waals surface area contributed by atoms with Crippen molar-refractivity contribution in [2.24, 2.45) is 5.92 Å². The Bertz CT molecular complexity index is 636. The minimum atomic E-state index is -1.00. The highest BCUT2D eigenvalue weighted by Gasteiger charge is 2.18. The van der Waals surface area contributed by atoms with Crippen molar-refractivity contribution in [3.8, 4) is 0 Å². The summed E-state index contributed by atoms with van der Waals surface area (Å²) in [5, 5.41) is 14.7. The van der Waals surface area contributed by atoms with Crippen molar-refractivity contribution in [1.29, 1.82) is 0 Å². The Morgan fingerprint density at radius 3 is 2.62 bits per heavy atom. The van der Waals surface area contributed by atoms with Crippen LogP contribution in [0.4, 0.5) is 11.4 Å². The maximum absolute atomic E-state index is 11.3. The third kappa shape index (κ3) is 3.36. The van der Waals surface area contributed by atoms with Gasteiger partial charge in [-0.2, -0.15) is 0 Å². The zero-order valence-electron chi connectivity index (χ0n) is 12.4. The zero-order chi connectivity index (χ0) is 15.6. The predicted octanol–water partition coefficient (Wildman–Crippen LogP) is 4.15. The Morgan fingerprint density at radius 2 is 2.10 bits per heavy atom. The molecule has 0 spiro atoms. The highest BCUT2D eigenvalue weighted by atomic mass is 32.1. The Hall–Kier alpha value is -2.01. The molecule has 0 amide bonds. The van der Waals surface area contributed by atoms with E-state index in [0.29, 0.717) is 11.6 Å². The van der Waals surface area contributed by atoms with Crippen LogP contribution in [0.5, 0.6) is 0 Å². The van der Waals surface area contributed by atoms with Gasteiger partial charge in [0.25, 0.3) is 0 Å². The van der Waals surface area contributed by atoms with Gasteiger partial charge >= 0.3 is 5.97 Å². The highest BCUT2D eigenvalue weighted by Crippen LogP contribution is 2.31. The first-order valence-electron chi connectivity index (χ1n) is 6.83. The topological polar surface area (TPSA) is 75.3 Å². The first-order chi connectivity index (χ1) is 9.90. The van der Waals surface area contributed by atoms with Crippen LogP contribution >= 0.6 is 11.3 Å². The lowest BCUT2D eigenvalue weighted by molar-refractivity contribution is 0.0698. The van der Waals surface area contributed by atoms with E-state index < -0.39 is 5.97 Å². The van der Waals surface area contributed by atoms with Gasteiger partial charge in [-0.3, -0.25) is 0 Å². The first-order valence-corrected chi connectivity index (χ1v) is 7.71. The molecule has 1 atom stereocenters. The van der Waals surface area contributed by atoms with E-state index in [-0.39, 0.29) is 11.6 Å². The molecule has 4 nitrogen and oxygen atoms in total. The molecule has 112 valence electrons. The average molecular weight is 304 g/mol. The largest absolute Gasteiger partial charge is 0.478 e. The highest BCUT2D eigenvalue weighted by molar-refractivity contribution is 7.10. The third-order valence-electron chi connectivity index (χ3n) is 3.46. The number of anilines is 2. The van der Waals surface area contributed by atoms with Gasteiger partial charge in [0.1, 0.15) is 0 Å². The third-order valence-corrected chi connectivity index (χ3v) is 4.41. The molecule has 5 heteroatoms. The second kappa shape index (κ2) is 6.18. The standard InChI is InChI=1S/C16H20N2O2S/c1-9(2)15(13-5-4-6-21-13)18-11-7-10(3)14(17)12(8-11)16(19)20/h4-9,15,18H,17H2,1-3H3,(H,19,20). The van der Waals surface area contributed by atoms with Crippen LogP contribution in [-0.4, -0.2) is 11.1 Å². The summed E-state index contributed by atoms with van der Waals surface area (Å²) in [5.74, 6) is -0.619. The number of hydrogen-bond donors (Lipinski definition) is 3. The molecule has 2 rings (SSSR count). The first kappa shape index (κ1) is 15.4. The Balaban J connectivity index is 2.36. The smallest absolute Gasteiger partial charge is 0.337 e. The van der Waals surface area contributed by atoms with Crippen molar-refractivity contribution >= 4 is 28.7 Å². The van der Waals surface area contributed by atoms with Gasteiger partial charge in [-0.25, -0.2) is 4.79 Å². The summed E-state index contributed by atoms with van der Waals surface area (Å²) in [6, 6.07) is 7.76. The van der Waals surface area contributed by atoms with E-state index in [4.69, 9.17) is 5.73 Å². The molecule has 21 heavy (non-hydrogen) atoms. The molecule has 1 heterocycles. The van der Waals surface area contributed by atoms with E-state index in [2.05, 4.69) is 25.2 Å². The molecule has 1 aromatic carbocycles. The number of carbonyl (C=O) groups is 1. The Morgan fingerprint density at radius 1 is 1.38 bits per heavy atom. The number of aromatic carboxylic acids is 1. The Labute approximate surface area is 128 Å². The van der Waals surface area contributed by atoms with Crippen LogP contribution in [0.3, 0.4) is 0 Å². The van der Waals surface area contributed by atoms with Crippen LogP contribution in [0.2, 0.25) is 0 Å². The van der Waals surface area contributed by atoms with Crippen LogP contribution in [0.25, 0.3) is 0 Å². The second-order valence-corrected chi connectivity index (χ2v) is 6.42. The Kier molecular flexibility index (Phi) is 4.53. The van der Waals surface area contributed by atoms with Gasteiger partial charge in [0.05, 0.1) is 11.6 Å². The van der Waals surface area contributed by atoms with E-state index in [1.54, 1.807) is 17.4 Å². The van der Waals surface area contributed by atoms with Gasteiger partial charge < -0.3 is 16.2 Å². The number of nitrogen functional groups attached to an aromatic ring is 1. The van der Waals surface area contributed by atoms with Crippen LogP contribution in [0, 0.1) is 12.8 Å². The van der Waals surface area contributed by atoms with E-state index >= 15 is 0 Å². The van der Waals surface area contributed by atoms with Crippen molar-refractivity contribution in [2.75, 3.05) is 11.1 Å². The van der Waals surface area contributed by atoms with Gasteiger partial charge in [0.2, 0.25) is 0 Å². The zero-order valence-corrected chi connectivity index (χ0v) is 13.2. The SMILES string of the molecule is Cc1cc(NC(c2cccs2)C(C)C)cc(C(=O)O)c1N. The summed E-state index contributed by atoms with van der Waals surface area (Å²) < 4.78 is 0. The van der Waals surface area contributed by atoms with E-state index in [0.717, 1.165) is 11.3 Å². The maximum Gasteiger partial charge on any atom is 0.337 e. The van der Waals surface area contributed by atoms with Gasteiger partial charge in [0, 0.05) is 16.3 Å². The van der Waals surface area contributed by atoms with Crippen LogP contribution in [0.15, 0.2) is 29.6 Å². The van der Waals surface area contributed by atoms with Gasteiger partial charge in [-0.1, -0.05) is 19.9 Å². The molecule has 0 radical (unpaired) electrons. The lowest BCUT2D eigenvalue weighted by Crippen LogP contribution is -2.16. The number of nitrogens with two attached hydrogens (primary N) is 1. The fraction of sp³-hybridized carbons (Fsp3) is 0.312. The summed E-state index contributed by atoms with van der Waals surface area (Å²) in [6.45, 7) is 6.10. The molecule has 1 unspecified atom stereocenters. The van der Waals surface area contributed by atoms with E-state index in [9.17, 15) is 9.90 Å². The summed E-state index contributed by atoms with van der Waals surface area (Å²) in [4.78, 5) is 12.5. The minimum absolute atomic E-state index is 0.145. The molecule has 0 aliphatic carbocycles. The molecule has 0 fully saturated rings. The molecule has 0 aliphatic heterocycles. The van der Waals surface area contributed by atoms with Gasteiger partial charge in [-0.05, 0) is 42.0 Å². The van der Waals surface area contributed by atoms with Crippen molar-refractivity contribution in [3.05, 3.63) is 45.6 Å². The number of benzene rings is 1. The quantitative estimate of drug-likeness (QED) is 0.725. The molecule has 4 N–H and O–H groups in total. The van der Waals surface area contributed by atoms with Crippen molar-refractivity contribution < 1.29 is 9.90 Å². The second-order valence-electron chi connectivity index (χ2n) is 5.44. The lowest BCUT2D eigenvalue weighted by Gasteiger charge is -2.23. The number of carboxylic acid groups (broad SMARTS) is 1. The summed E-state index contributed by atoms with van der Waals surface area (Å²) in [6.07, 6.45) is 0. The number of rotatable bonds is 5. The number of carboxylic acids is 1. The molecule has 0 aliphatic rings. The van der Waals surface area contributed by atoms with Crippen molar-refractivity contribution in [2.45, 2.75) is 26.8 Å². The monoisotopic (exact) mass is 304 g/mol. The number of hydrogen-bond acceptors (Lipinski definition) is 4.